The lowest BCUT2D eigenvalue weighted by Crippen LogP contribution is -2.32. The van der Waals surface area contributed by atoms with Gasteiger partial charge in [0.05, 0.1) is 0 Å². The third-order valence-corrected chi connectivity index (χ3v) is 4.87. The van der Waals surface area contributed by atoms with Gasteiger partial charge in [-0.2, -0.15) is 0 Å². The van der Waals surface area contributed by atoms with E-state index in [-0.39, 0.29) is 10.8 Å². The van der Waals surface area contributed by atoms with Crippen LogP contribution in [-0.4, -0.2) is 11.1 Å². The summed E-state index contributed by atoms with van der Waals surface area (Å²) >= 11 is 0. The second-order valence-corrected chi connectivity index (χ2v) is 6.12. The first-order valence-corrected chi connectivity index (χ1v) is 5.75. The molecule has 2 aliphatic rings. The van der Waals surface area contributed by atoms with Gasteiger partial charge in [-0.25, -0.2) is 4.79 Å². The number of carboxylic acids is 1. The monoisotopic (exact) mass is 208 g/mol. The zero-order chi connectivity index (χ0) is 11.3. The number of carbonyl (C=O) groups is 1. The zero-order valence-electron chi connectivity index (χ0n) is 9.84. The normalized spacial score (nSPS) is 42.6. The number of carboxylic acid groups (broad SMARTS) is 1. The Labute approximate surface area is 91.4 Å². The molecular formula is C13H20O2. The highest BCUT2D eigenvalue weighted by Crippen LogP contribution is 2.78. The quantitative estimate of drug-likeness (QED) is 0.707. The third kappa shape index (κ3) is 1.34. The predicted molar refractivity (Wildman–Crippen MR) is 59.6 cm³/mol. The van der Waals surface area contributed by atoms with Gasteiger partial charge < -0.3 is 5.11 Å². The lowest BCUT2D eigenvalue weighted by molar-refractivity contribution is -0.131. The van der Waals surface area contributed by atoms with Crippen molar-refractivity contribution in [1.29, 1.82) is 0 Å². The summed E-state index contributed by atoms with van der Waals surface area (Å²) in [6.07, 6.45) is 8.22. The van der Waals surface area contributed by atoms with Crippen molar-refractivity contribution in [3.63, 3.8) is 0 Å². The van der Waals surface area contributed by atoms with Crippen LogP contribution in [0.4, 0.5) is 0 Å². The molecule has 0 bridgehead atoms. The second kappa shape index (κ2) is 2.87. The smallest absolute Gasteiger partial charge is 0.327 e. The number of fused-ring (bicyclic) bond motifs is 1. The summed E-state index contributed by atoms with van der Waals surface area (Å²) < 4.78 is 0. The summed E-state index contributed by atoms with van der Waals surface area (Å²) in [6, 6.07) is 0. The van der Waals surface area contributed by atoms with E-state index in [0.29, 0.717) is 5.41 Å². The first kappa shape index (κ1) is 10.7. The molecule has 2 fully saturated rings. The minimum atomic E-state index is -0.819. The van der Waals surface area contributed by atoms with Gasteiger partial charge in [0.2, 0.25) is 0 Å². The van der Waals surface area contributed by atoms with Gasteiger partial charge in [-0.05, 0) is 35.5 Å². The molecule has 0 aromatic rings. The van der Waals surface area contributed by atoms with Crippen LogP contribution in [0.5, 0.6) is 0 Å². The molecule has 2 saturated carbocycles. The molecule has 0 saturated heterocycles. The Kier molecular flexibility index (Phi) is 2.05. The molecule has 0 aromatic heterocycles. The van der Waals surface area contributed by atoms with Crippen LogP contribution in [-0.2, 0) is 4.79 Å². The summed E-state index contributed by atoms with van der Waals surface area (Å²) in [5.41, 5.74) is 0.767. The SMILES string of the molecule is CC1(C)CCCC2(C)CC12/C=C/C(=O)O. The van der Waals surface area contributed by atoms with Crippen molar-refractivity contribution >= 4 is 5.97 Å². The van der Waals surface area contributed by atoms with Gasteiger partial charge in [0.25, 0.3) is 0 Å². The molecule has 0 amide bonds. The minimum absolute atomic E-state index is 0.149. The second-order valence-electron chi connectivity index (χ2n) is 6.12. The maximum Gasteiger partial charge on any atom is 0.327 e. The summed E-state index contributed by atoms with van der Waals surface area (Å²) in [6.45, 7) is 6.87. The molecular weight excluding hydrogens is 188 g/mol. The van der Waals surface area contributed by atoms with E-state index in [1.165, 1.54) is 25.3 Å². The molecule has 0 radical (unpaired) electrons. The maximum atomic E-state index is 10.6. The van der Waals surface area contributed by atoms with Gasteiger partial charge in [0.1, 0.15) is 0 Å². The predicted octanol–water partition coefficient (Wildman–Crippen LogP) is 3.23. The molecule has 2 heteroatoms. The summed E-state index contributed by atoms with van der Waals surface area (Å²) in [5, 5.41) is 8.74. The summed E-state index contributed by atoms with van der Waals surface area (Å²) in [7, 11) is 0. The van der Waals surface area contributed by atoms with Gasteiger partial charge >= 0.3 is 5.97 Å². The van der Waals surface area contributed by atoms with E-state index in [2.05, 4.69) is 20.8 Å². The highest BCUT2D eigenvalue weighted by Gasteiger charge is 2.70. The number of aliphatic carboxylic acids is 1. The van der Waals surface area contributed by atoms with Crippen LogP contribution in [0.15, 0.2) is 12.2 Å². The molecule has 2 aliphatic carbocycles. The fourth-order valence-corrected chi connectivity index (χ4v) is 3.78. The van der Waals surface area contributed by atoms with Crippen molar-refractivity contribution in [2.24, 2.45) is 16.2 Å². The van der Waals surface area contributed by atoms with E-state index in [1.807, 2.05) is 6.08 Å². The molecule has 2 rings (SSSR count). The largest absolute Gasteiger partial charge is 0.478 e. The lowest BCUT2D eigenvalue weighted by Gasteiger charge is -2.41. The van der Waals surface area contributed by atoms with E-state index in [1.54, 1.807) is 0 Å². The van der Waals surface area contributed by atoms with Crippen molar-refractivity contribution in [3.05, 3.63) is 12.2 Å². The van der Waals surface area contributed by atoms with Crippen molar-refractivity contribution in [3.8, 4) is 0 Å². The Hall–Kier alpha value is -0.790. The Bertz CT molecular complexity index is 329. The molecule has 2 unspecified atom stereocenters. The van der Waals surface area contributed by atoms with E-state index in [0.717, 1.165) is 6.42 Å². The van der Waals surface area contributed by atoms with Crippen molar-refractivity contribution in [2.45, 2.75) is 46.5 Å². The average Bonchev–Trinajstić information content (AvgIpc) is 2.70. The molecule has 0 aromatic carbocycles. The van der Waals surface area contributed by atoms with Gasteiger partial charge in [-0.1, -0.05) is 33.3 Å². The van der Waals surface area contributed by atoms with Crippen LogP contribution < -0.4 is 0 Å². The molecule has 2 atom stereocenters. The fraction of sp³-hybridized carbons (Fsp3) is 0.769. The van der Waals surface area contributed by atoms with Crippen LogP contribution in [0.3, 0.4) is 0 Å². The first-order chi connectivity index (χ1) is 6.83. The first-order valence-electron chi connectivity index (χ1n) is 5.75. The maximum absolute atomic E-state index is 10.6. The van der Waals surface area contributed by atoms with Gasteiger partial charge in [-0.15, -0.1) is 0 Å². The molecule has 15 heavy (non-hydrogen) atoms. The van der Waals surface area contributed by atoms with E-state index in [4.69, 9.17) is 5.11 Å². The van der Waals surface area contributed by atoms with Gasteiger partial charge in [0, 0.05) is 6.08 Å². The summed E-state index contributed by atoms with van der Waals surface area (Å²) in [5.74, 6) is -0.819. The fourth-order valence-electron chi connectivity index (χ4n) is 3.78. The molecule has 0 heterocycles. The highest BCUT2D eigenvalue weighted by molar-refractivity contribution is 5.80. The topological polar surface area (TPSA) is 37.3 Å². The average molecular weight is 208 g/mol. The minimum Gasteiger partial charge on any atom is -0.478 e. The number of hydrogen-bond acceptors (Lipinski definition) is 1. The Morgan fingerprint density at radius 2 is 1.93 bits per heavy atom. The third-order valence-electron chi connectivity index (χ3n) is 4.87. The molecule has 2 nitrogen and oxygen atoms in total. The zero-order valence-corrected chi connectivity index (χ0v) is 9.84. The number of rotatable bonds is 2. The lowest BCUT2D eigenvalue weighted by atomic mass is 9.63. The van der Waals surface area contributed by atoms with Crippen molar-refractivity contribution < 1.29 is 9.90 Å². The Balaban J connectivity index is 2.29. The highest BCUT2D eigenvalue weighted by atomic mass is 16.4. The van der Waals surface area contributed by atoms with E-state index in [9.17, 15) is 4.79 Å². The standard InChI is InChI=1S/C13H20O2/c1-11(2)6-4-7-12(3)9-13(11,12)8-5-10(14)15/h5,8H,4,6-7,9H2,1-3H3,(H,14,15)/b8-5+. The van der Waals surface area contributed by atoms with E-state index < -0.39 is 5.97 Å². The molecule has 84 valence electrons. The molecule has 0 spiro atoms. The summed E-state index contributed by atoms with van der Waals surface area (Å²) in [4.78, 5) is 10.6. The number of allylic oxidation sites excluding steroid dienone is 1. The molecule has 0 aliphatic heterocycles. The van der Waals surface area contributed by atoms with Crippen LogP contribution in [0.25, 0.3) is 0 Å². The van der Waals surface area contributed by atoms with Crippen LogP contribution >= 0.6 is 0 Å². The number of hydrogen-bond donors (Lipinski definition) is 1. The van der Waals surface area contributed by atoms with E-state index >= 15 is 0 Å². The van der Waals surface area contributed by atoms with Crippen molar-refractivity contribution in [2.75, 3.05) is 0 Å². The van der Waals surface area contributed by atoms with Gasteiger partial charge in [0.15, 0.2) is 0 Å². The molecule has 1 N–H and O–H groups in total. The van der Waals surface area contributed by atoms with Crippen LogP contribution in [0.2, 0.25) is 0 Å². The van der Waals surface area contributed by atoms with Gasteiger partial charge in [-0.3, -0.25) is 0 Å². The van der Waals surface area contributed by atoms with Crippen LogP contribution in [0.1, 0.15) is 46.5 Å². The van der Waals surface area contributed by atoms with Crippen molar-refractivity contribution in [1.82, 2.24) is 0 Å². The Morgan fingerprint density at radius 3 is 2.47 bits per heavy atom. The Morgan fingerprint density at radius 1 is 1.27 bits per heavy atom. The van der Waals surface area contributed by atoms with Crippen LogP contribution in [0, 0.1) is 16.2 Å².